The summed E-state index contributed by atoms with van der Waals surface area (Å²) < 4.78 is 37.1. The quantitative estimate of drug-likeness (QED) is 0.877. The van der Waals surface area contributed by atoms with Crippen LogP contribution in [0.25, 0.3) is 0 Å². The molecule has 7 heteroatoms. The molecule has 4 nitrogen and oxygen atoms in total. The van der Waals surface area contributed by atoms with Crippen LogP contribution in [0, 0.1) is 5.92 Å². The molecule has 126 valence electrons. The van der Waals surface area contributed by atoms with Gasteiger partial charge in [-0.25, -0.2) is 0 Å². The van der Waals surface area contributed by atoms with Crippen molar-refractivity contribution in [2.45, 2.75) is 45.3 Å². The third kappa shape index (κ3) is 4.98. The van der Waals surface area contributed by atoms with E-state index in [1.807, 2.05) is 6.20 Å². The molecule has 0 radical (unpaired) electrons. The third-order valence-electron chi connectivity index (χ3n) is 3.99. The molecule has 1 aliphatic rings. The number of alkyl halides is 3. The Hall–Kier alpha value is -1.08. The second kappa shape index (κ2) is 6.58. The van der Waals surface area contributed by atoms with Gasteiger partial charge < -0.3 is 5.32 Å². The summed E-state index contributed by atoms with van der Waals surface area (Å²) >= 11 is 0. The van der Waals surface area contributed by atoms with Crippen molar-refractivity contribution in [3.05, 3.63) is 17.5 Å². The smallest absolute Gasteiger partial charge is 0.312 e. The number of H-pyrrole nitrogens is 1. The first-order valence-electron chi connectivity index (χ1n) is 7.68. The van der Waals surface area contributed by atoms with Gasteiger partial charge in [-0.05, 0) is 25.4 Å². The van der Waals surface area contributed by atoms with Crippen molar-refractivity contribution in [1.82, 2.24) is 20.4 Å². The molecule has 1 aliphatic heterocycles. The number of aromatic nitrogens is 2. The van der Waals surface area contributed by atoms with E-state index in [-0.39, 0.29) is 11.3 Å². The van der Waals surface area contributed by atoms with E-state index >= 15 is 0 Å². The van der Waals surface area contributed by atoms with Gasteiger partial charge in [0.2, 0.25) is 0 Å². The molecule has 0 amide bonds. The van der Waals surface area contributed by atoms with Gasteiger partial charge in [0.15, 0.2) is 0 Å². The maximum atomic E-state index is 12.4. The number of hydrogen-bond acceptors (Lipinski definition) is 3. The van der Waals surface area contributed by atoms with E-state index in [1.54, 1.807) is 0 Å². The fraction of sp³-hybridized carbons (Fsp3) is 0.800. The summed E-state index contributed by atoms with van der Waals surface area (Å²) in [6, 6.07) is 0. The van der Waals surface area contributed by atoms with Gasteiger partial charge in [0, 0.05) is 29.8 Å². The molecule has 1 saturated heterocycles. The zero-order valence-corrected chi connectivity index (χ0v) is 13.4. The number of nitrogens with zero attached hydrogens (tertiary/aromatic N) is 2. The lowest BCUT2D eigenvalue weighted by atomic mass is 9.89. The van der Waals surface area contributed by atoms with E-state index in [0.29, 0.717) is 19.6 Å². The minimum atomic E-state index is -4.10. The molecular weight excluding hydrogens is 293 g/mol. The molecule has 1 aromatic heterocycles. The number of rotatable bonds is 5. The Kier molecular flexibility index (Phi) is 5.17. The molecule has 0 aliphatic carbocycles. The van der Waals surface area contributed by atoms with Gasteiger partial charge in [0.05, 0.1) is 12.7 Å². The summed E-state index contributed by atoms with van der Waals surface area (Å²) in [6.07, 6.45) is -1.46. The van der Waals surface area contributed by atoms with Crippen LogP contribution in [-0.2, 0) is 12.0 Å². The van der Waals surface area contributed by atoms with Crippen molar-refractivity contribution in [2.75, 3.05) is 26.2 Å². The molecule has 2 heterocycles. The molecule has 22 heavy (non-hydrogen) atoms. The van der Waals surface area contributed by atoms with Crippen LogP contribution < -0.4 is 5.32 Å². The Labute approximate surface area is 129 Å². The molecule has 1 fully saturated rings. The molecule has 0 unspecified atom stereocenters. The molecule has 2 rings (SSSR count). The molecular formula is C15H25F3N4. The Morgan fingerprint density at radius 3 is 2.73 bits per heavy atom. The average Bonchev–Trinajstić information content (AvgIpc) is 2.95. The summed E-state index contributed by atoms with van der Waals surface area (Å²) in [4.78, 5) is 1.49. The highest BCUT2D eigenvalue weighted by Crippen LogP contribution is 2.24. The van der Waals surface area contributed by atoms with E-state index in [0.717, 1.165) is 24.2 Å². The fourth-order valence-electron chi connectivity index (χ4n) is 2.98. The first-order valence-corrected chi connectivity index (χ1v) is 7.68. The Morgan fingerprint density at radius 2 is 2.09 bits per heavy atom. The Morgan fingerprint density at radius 1 is 1.36 bits per heavy atom. The van der Waals surface area contributed by atoms with Crippen molar-refractivity contribution in [3.63, 3.8) is 0 Å². The summed E-state index contributed by atoms with van der Waals surface area (Å²) in [5.74, 6) is 0.285. The Balaban J connectivity index is 1.75. The molecule has 0 saturated carbocycles. The number of halogens is 3. The van der Waals surface area contributed by atoms with Crippen LogP contribution in [-0.4, -0.2) is 47.5 Å². The number of nitrogens with one attached hydrogen (secondary N) is 2. The Bertz CT molecular complexity index is 476. The van der Waals surface area contributed by atoms with Crippen LogP contribution in [0.15, 0.2) is 6.20 Å². The first-order chi connectivity index (χ1) is 10.1. The number of hydrogen-bond donors (Lipinski definition) is 2. The van der Waals surface area contributed by atoms with Crippen molar-refractivity contribution in [2.24, 2.45) is 5.92 Å². The van der Waals surface area contributed by atoms with E-state index in [4.69, 9.17) is 0 Å². The minimum Gasteiger partial charge on any atom is -0.312 e. The standard InChI is InChI=1S/C15H25F3N4/c1-14(2,3)13-12(8-20-21-13)7-19-6-11-4-5-22(9-11)10-15(16,17)18/h8,11,19H,4-7,9-10H2,1-3H3,(H,20,21)/t11-/m1/s1. The average molecular weight is 318 g/mol. The van der Waals surface area contributed by atoms with E-state index in [1.165, 1.54) is 4.90 Å². The monoisotopic (exact) mass is 318 g/mol. The maximum Gasteiger partial charge on any atom is 0.401 e. The second-order valence-corrected chi connectivity index (χ2v) is 7.16. The normalized spacial score (nSPS) is 20.7. The van der Waals surface area contributed by atoms with Crippen LogP contribution in [0.2, 0.25) is 0 Å². The van der Waals surface area contributed by atoms with Crippen molar-refractivity contribution >= 4 is 0 Å². The van der Waals surface area contributed by atoms with E-state index in [9.17, 15) is 13.2 Å². The second-order valence-electron chi connectivity index (χ2n) is 7.16. The molecule has 1 atom stereocenters. The molecule has 2 N–H and O–H groups in total. The largest absolute Gasteiger partial charge is 0.401 e. The van der Waals surface area contributed by atoms with Crippen LogP contribution in [0.5, 0.6) is 0 Å². The summed E-state index contributed by atoms with van der Waals surface area (Å²) in [5.41, 5.74) is 2.23. The lowest BCUT2D eigenvalue weighted by Gasteiger charge is -2.19. The predicted molar refractivity (Wildman–Crippen MR) is 79.6 cm³/mol. The van der Waals surface area contributed by atoms with Gasteiger partial charge >= 0.3 is 6.18 Å². The highest BCUT2D eigenvalue weighted by atomic mass is 19.4. The zero-order valence-electron chi connectivity index (χ0n) is 13.4. The van der Waals surface area contributed by atoms with Gasteiger partial charge in [-0.15, -0.1) is 0 Å². The SMILES string of the molecule is CC(C)(C)c1[nH]ncc1CNC[C@H]1CCN(CC(F)(F)F)C1. The van der Waals surface area contributed by atoms with Crippen LogP contribution >= 0.6 is 0 Å². The first kappa shape index (κ1) is 17.3. The predicted octanol–water partition coefficient (Wildman–Crippen LogP) is 2.68. The molecule has 1 aromatic rings. The maximum absolute atomic E-state index is 12.4. The van der Waals surface area contributed by atoms with Gasteiger partial charge in [0.25, 0.3) is 0 Å². The van der Waals surface area contributed by atoms with Crippen LogP contribution in [0.4, 0.5) is 13.2 Å². The molecule has 0 aromatic carbocycles. The summed E-state index contributed by atoms with van der Waals surface area (Å²) in [6.45, 7) is 8.05. The van der Waals surface area contributed by atoms with E-state index in [2.05, 4.69) is 36.3 Å². The summed E-state index contributed by atoms with van der Waals surface area (Å²) in [7, 11) is 0. The van der Waals surface area contributed by atoms with Crippen molar-refractivity contribution < 1.29 is 13.2 Å². The van der Waals surface area contributed by atoms with Gasteiger partial charge in [-0.1, -0.05) is 20.8 Å². The lowest BCUT2D eigenvalue weighted by molar-refractivity contribution is -0.143. The zero-order chi connectivity index (χ0) is 16.4. The molecule has 0 spiro atoms. The number of aromatic amines is 1. The van der Waals surface area contributed by atoms with Crippen molar-refractivity contribution in [3.8, 4) is 0 Å². The topological polar surface area (TPSA) is 44.0 Å². The summed E-state index contributed by atoms with van der Waals surface area (Å²) in [5, 5.41) is 10.5. The van der Waals surface area contributed by atoms with Gasteiger partial charge in [-0.2, -0.15) is 18.3 Å². The van der Waals surface area contributed by atoms with Gasteiger partial charge in [0.1, 0.15) is 0 Å². The lowest BCUT2D eigenvalue weighted by Crippen LogP contribution is -2.33. The minimum absolute atomic E-state index is 0.00434. The highest BCUT2D eigenvalue weighted by molar-refractivity contribution is 5.23. The third-order valence-corrected chi connectivity index (χ3v) is 3.99. The van der Waals surface area contributed by atoms with Crippen molar-refractivity contribution in [1.29, 1.82) is 0 Å². The molecule has 0 bridgehead atoms. The van der Waals surface area contributed by atoms with Crippen LogP contribution in [0.3, 0.4) is 0 Å². The fourth-order valence-corrected chi connectivity index (χ4v) is 2.98. The van der Waals surface area contributed by atoms with Crippen LogP contribution in [0.1, 0.15) is 38.4 Å². The number of likely N-dealkylation sites (tertiary alicyclic amines) is 1. The highest BCUT2D eigenvalue weighted by Gasteiger charge is 2.34. The van der Waals surface area contributed by atoms with Gasteiger partial charge in [-0.3, -0.25) is 10.00 Å². The van der Waals surface area contributed by atoms with E-state index < -0.39 is 12.7 Å².